The highest BCUT2D eigenvalue weighted by Crippen LogP contribution is 2.20. The minimum atomic E-state index is 0.112. The number of carbonyl (C=O) groups is 1. The summed E-state index contributed by atoms with van der Waals surface area (Å²) >= 11 is 1.78. The van der Waals surface area contributed by atoms with Crippen molar-refractivity contribution in [3.05, 3.63) is 21.4 Å². The van der Waals surface area contributed by atoms with Crippen LogP contribution in [0.4, 0.5) is 0 Å². The lowest BCUT2D eigenvalue weighted by Crippen LogP contribution is -2.49. The van der Waals surface area contributed by atoms with Gasteiger partial charge in [0.15, 0.2) is 0 Å². The first-order valence-corrected chi connectivity index (χ1v) is 8.51. The van der Waals surface area contributed by atoms with E-state index in [2.05, 4.69) is 43.3 Å². The number of nitrogens with one attached hydrogen (secondary N) is 1. The lowest BCUT2D eigenvalue weighted by Gasteiger charge is -2.34. The Morgan fingerprint density at radius 2 is 2.05 bits per heavy atom. The van der Waals surface area contributed by atoms with E-state index in [1.807, 2.05) is 0 Å². The first-order valence-electron chi connectivity index (χ1n) is 7.63. The third kappa shape index (κ3) is 4.80. The molecular weight excluding hydrogens is 284 g/mol. The van der Waals surface area contributed by atoms with Crippen LogP contribution in [0.3, 0.4) is 0 Å². The number of hydrogen-bond acceptors (Lipinski definition) is 4. The molecule has 1 aromatic heterocycles. The summed E-state index contributed by atoms with van der Waals surface area (Å²) in [7, 11) is 0. The second-order valence-corrected chi connectivity index (χ2v) is 7.08. The molecule has 0 radical (unpaired) electrons. The Hall–Kier alpha value is -0.910. The molecule has 0 saturated carbocycles. The fourth-order valence-corrected chi connectivity index (χ4v) is 3.74. The van der Waals surface area contributed by atoms with Gasteiger partial charge in [-0.2, -0.15) is 0 Å². The summed E-state index contributed by atoms with van der Waals surface area (Å²) in [6.07, 6.45) is 1.33. The molecule has 4 nitrogen and oxygen atoms in total. The monoisotopic (exact) mass is 310 g/mol. The molecule has 1 aromatic rings. The molecule has 0 aromatic carbocycles. The molecule has 1 N–H and O–H groups in total. The molecule has 2 rings (SSSR count). The van der Waals surface area contributed by atoms with Gasteiger partial charge in [0.1, 0.15) is 0 Å². The summed E-state index contributed by atoms with van der Waals surface area (Å²) in [5.74, 6) is 0.112. The van der Waals surface area contributed by atoms with Gasteiger partial charge in [0.05, 0.1) is 18.8 Å². The maximum atomic E-state index is 12.0. The fraction of sp³-hybridized carbons (Fsp3) is 0.688. The van der Waals surface area contributed by atoms with E-state index in [0.29, 0.717) is 13.1 Å². The van der Waals surface area contributed by atoms with Crippen molar-refractivity contribution in [1.82, 2.24) is 10.2 Å². The molecule has 1 aliphatic heterocycles. The van der Waals surface area contributed by atoms with Crippen molar-refractivity contribution in [2.45, 2.75) is 46.3 Å². The largest absolute Gasteiger partial charge is 0.373 e. The van der Waals surface area contributed by atoms with Gasteiger partial charge in [-0.15, -0.1) is 11.3 Å². The average Bonchev–Trinajstić information content (AvgIpc) is 2.69. The number of carbonyl (C=O) groups excluding carboxylic acids is 1. The molecule has 118 valence electrons. The zero-order chi connectivity index (χ0) is 15.4. The van der Waals surface area contributed by atoms with Crippen molar-refractivity contribution in [3.8, 4) is 0 Å². The molecular formula is C16H26N2O2S. The highest BCUT2D eigenvalue weighted by atomic mass is 32.1. The van der Waals surface area contributed by atoms with Crippen LogP contribution in [-0.2, 0) is 16.0 Å². The summed E-state index contributed by atoms with van der Waals surface area (Å²) in [4.78, 5) is 15.6. The van der Waals surface area contributed by atoms with Gasteiger partial charge in [0.25, 0.3) is 0 Å². The van der Waals surface area contributed by atoms with Crippen LogP contribution in [0, 0.1) is 13.8 Å². The zero-order valence-corrected chi connectivity index (χ0v) is 14.3. The highest BCUT2D eigenvalue weighted by molar-refractivity contribution is 7.10. The molecule has 0 aliphatic carbocycles. The predicted octanol–water partition coefficient (Wildman–Crippen LogP) is 2.13. The second kappa shape index (κ2) is 7.38. The molecule has 1 amide bonds. The predicted molar refractivity (Wildman–Crippen MR) is 87.0 cm³/mol. The van der Waals surface area contributed by atoms with Gasteiger partial charge < -0.3 is 10.1 Å². The van der Waals surface area contributed by atoms with Gasteiger partial charge in [-0.05, 0) is 50.6 Å². The molecule has 2 atom stereocenters. The molecule has 0 bridgehead atoms. The van der Waals surface area contributed by atoms with Crippen LogP contribution in [0.25, 0.3) is 0 Å². The highest BCUT2D eigenvalue weighted by Gasteiger charge is 2.23. The Balaban J connectivity index is 1.71. The summed E-state index contributed by atoms with van der Waals surface area (Å²) in [6, 6.07) is 0. The van der Waals surface area contributed by atoms with E-state index < -0.39 is 0 Å². The summed E-state index contributed by atoms with van der Waals surface area (Å²) < 4.78 is 5.68. The Morgan fingerprint density at radius 1 is 1.38 bits per heavy atom. The summed E-state index contributed by atoms with van der Waals surface area (Å²) in [6.45, 7) is 11.3. The van der Waals surface area contributed by atoms with E-state index in [4.69, 9.17) is 4.74 Å². The van der Waals surface area contributed by atoms with Gasteiger partial charge in [0, 0.05) is 24.5 Å². The number of thiophene rings is 1. The summed E-state index contributed by atoms with van der Waals surface area (Å²) in [5.41, 5.74) is 2.72. The Morgan fingerprint density at radius 3 is 2.62 bits per heavy atom. The van der Waals surface area contributed by atoms with Crippen molar-refractivity contribution in [2.24, 2.45) is 0 Å². The Bertz CT molecular complexity index is 477. The molecule has 0 unspecified atom stereocenters. The van der Waals surface area contributed by atoms with E-state index in [1.54, 1.807) is 11.3 Å². The average molecular weight is 310 g/mol. The van der Waals surface area contributed by atoms with Gasteiger partial charge in [-0.25, -0.2) is 0 Å². The smallest absolute Gasteiger partial charge is 0.234 e. The number of hydrogen-bond donors (Lipinski definition) is 1. The molecule has 1 fully saturated rings. The van der Waals surface area contributed by atoms with Crippen molar-refractivity contribution in [3.63, 3.8) is 0 Å². The molecule has 21 heavy (non-hydrogen) atoms. The number of rotatable bonds is 5. The number of nitrogens with zero attached hydrogens (tertiary/aromatic N) is 1. The second-order valence-electron chi connectivity index (χ2n) is 5.99. The van der Waals surface area contributed by atoms with Crippen molar-refractivity contribution < 1.29 is 9.53 Å². The number of morpholine rings is 1. The fourth-order valence-electron chi connectivity index (χ4n) is 2.82. The van der Waals surface area contributed by atoms with E-state index >= 15 is 0 Å². The quantitative estimate of drug-likeness (QED) is 0.906. The van der Waals surface area contributed by atoms with E-state index in [-0.39, 0.29) is 18.1 Å². The minimum absolute atomic E-state index is 0.112. The normalized spacial score (nSPS) is 23.2. The van der Waals surface area contributed by atoms with Crippen LogP contribution in [0.2, 0.25) is 0 Å². The van der Waals surface area contributed by atoms with Crippen LogP contribution < -0.4 is 5.32 Å². The Labute approximate surface area is 131 Å². The van der Waals surface area contributed by atoms with Crippen molar-refractivity contribution in [1.29, 1.82) is 0 Å². The molecule has 5 heteroatoms. The number of aryl methyl sites for hydroxylation is 1. The maximum absolute atomic E-state index is 12.0. The van der Waals surface area contributed by atoms with E-state index in [1.165, 1.54) is 16.0 Å². The van der Waals surface area contributed by atoms with Gasteiger partial charge in [-0.1, -0.05) is 0 Å². The minimum Gasteiger partial charge on any atom is -0.373 e. The van der Waals surface area contributed by atoms with Crippen LogP contribution in [0.1, 0.15) is 29.9 Å². The zero-order valence-electron chi connectivity index (χ0n) is 13.4. The van der Waals surface area contributed by atoms with Gasteiger partial charge in [0.2, 0.25) is 5.91 Å². The van der Waals surface area contributed by atoms with Crippen molar-refractivity contribution in [2.75, 3.05) is 26.2 Å². The molecule has 1 saturated heterocycles. The first kappa shape index (κ1) is 16.5. The van der Waals surface area contributed by atoms with Gasteiger partial charge >= 0.3 is 0 Å². The van der Waals surface area contributed by atoms with Gasteiger partial charge in [-0.3, -0.25) is 9.69 Å². The molecule has 1 aliphatic rings. The first-order chi connectivity index (χ1) is 9.95. The van der Waals surface area contributed by atoms with E-state index in [0.717, 1.165) is 19.5 Å². The third-order valence-corrected chi connectivity index (χ3v) is 5.03. The topological polar surface area (TPSA) is 41.6 Å². The van der Waals surface area contributed by atoms with Crippen LogP contribution in [0.5, 0.6) is 0 Å². The SMILES string of the molecule is Cc1scc(CCNC(=O)CN2C[C@@H](C)O[C@@H](C)C2)c1C. The number of ether oxygens (including phenoxy) is 1. The standard InChI is InChI=1S/C16H26N2O2S/c1-11-7-18(8-12(2)20-11)9-16(19)17-6-5-15-10-21-14(4)13(15)3/h10-12H,5-9H2,1-4H3,(H,17,19)/t11-,12+. The number of amides is 1. The molecule has 0 spiro atoms. The van der Waals surface area contributed by atoms with Crippen LogP contribution >= 0.6 is 11.3 Å². The maximum Gasteiger partial charge on any atom is 0.234 e. The van der Waals surface area contributed by atoms with Crippen LogP contribution in [-0.4, -0.2) is 49.2 Å². The van der Waals surface area contributed by atoms with Crippen molar-refractivity contribution >= 4 is 17.2 Å². The third-order valence-electron chi connectivity index (χ3n) is 3.97. The molecule has 2 heterocycles. The summed E-state index contributed by atoms with van der Waals surface area (Å²) in [5, 5.41) is 5.22. The Kier molecular flexibility index (Phi) is 5.79. The van der Waals surface area contributed by atoms with E-state index in [9.17, 15) is 4.79 Å². The van der Waals surface area contributed by atoms with Crippen LogP contribution in [0.15, 0.2) is 5.38 Å². The lowest BCUT2D eigenvalue weighted by molar-refractivity contribution is -0.125. The lowest BCUT2D eigenvalue weighted by atomic mass is 10.1.